The lowest BCUT2D eigenvalue weighted by molar-refractivity contribution is -0.137. The van der Waals surface area contributed by atoms with Crippen LogP contribution < -0.4 is 44.2 Å². The minimum atomic E-state index is -1.38. The van der Waals surface area contributed by atoms with Gasteiger partial charge in [-0.05, 0) is 69.3 Å². The van der Waals surface area contributed by atoms with E-state index in [1.54, 1.807) is 44.2 Å². The number of aliphatic imine (C=N–C) groups is 2. The zero-order valence-electron chi connectivity index (χ0n) is 45.6. The lowest BCUT2D eigenvalue weighted by atomic mass is 9.87. The SMILES string of the molecule is CCCCCCCCCCCOCCCC(=O)N[C@H](C(=O)N[C@H](C(=O)C[C@@H](Cc1ccccc1)C(=O)N[C@@H](CCCN=C(N)N)C(=O)C[C@@H](CO)C(=O)N[C@@H](CO)C(=O)C[C@H](C)CCCN=C(N)N)C(C)C)[C@@H](C)O. The van der Waals surface area contributed by atoms with Crippen molar-refractivity contribution in [3.63, 3.8) is 0 Å². The van der Waals surface area contributed by atoms with Gasteiger partial charge in [-0.3, -0.25) is 43.5 Å². The second-order valence-corrected chi connectivity index (χ2v) is 20.1. The average molecular weight is 1060 g/mol. The lowest BCUT2D eigenvalue weighted by Crippen LogP contribution is -2.57. The Morgan fingerprint density at radius 1 is 0.573 bits per heavy atom. The highest BCUT2D eigenvalue weighted by molar-refractivity contribution is 5.97. The number of benzene rings is 1. The van der Waals surface area contributed by atoms with E-state index in [0.717, 1.165) is 12.8 Å². The first-order valence-electron chi connectivity index (χ1n) is 27.1. The largest absolute Gasteiger partial charge is 0.396 e. The molecule has 0 aliphatic rings. The van der Waals surface area contributed by atoms with E-state index >= 15 is 0 Å². The minimum absolute atomic E-state index is 0.00451. The van der Waals surface area contributed by atoms with Crippen molar-refractivity contribution < 1.29 is 53.6 Å². The maximum atomic E-state index is 14.4. The van der Waals surface area contributed by atoms with Crippen molar-refractivity contribution in [3.05, 3.63) is 35.9 Å². The van der Waals surface area contributed by atoms with Crippen molar-refractivity contribution in [3.8, 4) is 0 Å². The van der Waals surface area contributed by atoms with Gasteiger partial charge in [0.25, 0.3) is 0 Å². The van der Waals surface area contributed by atoms with Crippen LogP contribution in [0.5, 0.6) is 0 Å². The Balaban J connectivity index is 3.15. The standard InChI is InChI=1S/C54H94N10O11/c1-6-7-8-9-10-11-12-13-17-28-75-29-20-25-47(71)63-49(38(5)67)52(74)64-48(36(2)3)46(70)32-40(31-39-22-15-14-16-23-39)50(72)61-42(24-19-27-60-54(57)58)45(69)33-41(34-65)51(73)62-43(35-66)44(68)30-37(4)21-18-26-59-53(55)56/h14-16,22-23,36-38,40-43,48-49,65-67H,6-13,17-21,24-35H2,1-5H3,(H,61,72)(H,62,73)(H,63,71)(H,64,74)(H4,55,56,59)(H4,57,58,60)/t37-,38-,40-,41+,42+,43+,48+,49+/m1/s1. The van der Waals surface area contributed by atoms with E-state index in [4.69, 9.17) is 27.7 Å². The normalized spacial score (nSPS) is 14.5. The number of ketones is 3. The maximum absolute atomic E-state index is 14.4. The van der Waals surface area contributed by atoms with Gasteiger partial charge in [0.2, 0.25) is 23.6 Å². The molecule has 0 radical (unpaired) electrons. The van der Waals surface area contributed by atoms with Crippen molar-refractivity contribution in [1.29, 1.82) is 0 Å². The van der Waals surface area contributed by atoms with E-state index in [2.05, 4.69) is 38.2 Å². The van der Waals surface area contributed by atoms with Crippen molar-refractivity contribution in [1.82, 2.24) is 21.3 Å². The summed E-state index contributed by atoms with van der Waals surface area (Å²) in [4.78, 5) is 104. The van der Waals surface area contributed by atoms with Crippen molar-refractivity contribution in [2.45, 2.75) is 187 Å². The maximum Gasteiger partial charge on any atom is 0.245 e. The molecule has 0 bridgehead atoms. The molecule has 21 heteroatoms. The predicted molar refractivity (Wildman–Crippen MR) is 291 cm³/mol. The van der Waals surface area contributed by atoms with Gasteiger partial charge in [-0.15, -0.1) is 0 Å². The van der Waals surface area contributed by atoms with E-state index in [0.29, 0.717) is 44.6 Å². The monoisotopic (exact) mass is 1060 g/mol. The first-order valence-corrected chi connectivity index (χ1v) is 27.1. The van der Waals surface area contributed by atoms with Crippen LogP contribution in [0.1, 0.15) is 156 Å². The molecule has 0 heterocycles. The van der Waals surface area contributed by atoms with Crippen LogP contribution in [0, 0.1) is 23.7 Å². The number of guanidine groups is 2. The number of hydrogen-bond acceptors (Lipinski definition) is 13. The number of hydrogen-bond donors (Lipinski definition) is 11. The van der Waals surface area contributed by atoms with Gasteiger partial charge >= 0.3 is 0 Å². The Kier molecular flexibility index (Phi) is 35.9. The summed E-state index contributed by atoms with van der Waals surface area (Å²) >= 11 is 0. The quantitative estimate of drug-likeness (QED) is 0.0254. The molecule has 75 heavy (non-hydrogen) atoms. The molecule has 0 aliphatic heterocycles. The Morgan fingerprint density at radius 2 is 1.11 bits per heavy atom. The molecule has 1 rings (SSSR count). The molecule has 1 aromatic rings. The number of carbonyl (C=O) groups excluding carboxylic acids is 7. The summed E-state index contributed by atoms with van der Waals surface area (Å²) in [6.07, 6.45) is 10.4. The Bertz CT molecular complexity index is 1890. The number of nitrogens with zero attached hydrogens (tertiary/aromatic N) is 2. The number of Topliss-reactive ketones (excluding diaryl/α,β-unsaturated/α-hetero) is 3. The third-order valence-electron chi connectivity index (χ3n) is 12.9. The Labute approximate surface area is 445 Å². The van der Waals surface area contributed by atoms with Gasteiger partial charge in [-0.25, -0.2) is 0 Å². The van der Waals surface area contributed by atoms with Gasteiger partial charge in [-0.1, -0.05) is 109 Å². The molecule has 8 atom stereocenters. The molecule has 0 saturated heterocycles. The fourth-order valence-electron chi connectivity index (χ4n) is 8.48. The van der Waals surface area contributed by atoms with Crippen molar-refractivity contribution in [2.75, 3.05) is 39.5 Å². The molecule has 0 aromatic heterocycles. The molecule has 0 aliphatic carbocycles. The molecule has 4 amide bonds. The van der Waals surface area contributed by atoms with Crippen LogP contribution in [-0.2, 0) is 44.7 Å². The number of rotatable bonds is 44. The Morgan fingerprint density at radius 3 is 1.67 bits per heavy atom. The predicted octanol–water partition coefficient (Wildman–Crippen LogP) is 2.37. The number of amides is 4. The molecule has 15 N–H and O–H groups in total. The first-order chi connectivity index (χ1) is 35.7. The van der Waals surface area contributed by atoms with E-state index in [1.165, 1.54) is 51.9 Å². The van der Waals surface area contributed by atoms with Gasteiger partial charge in [0, 0.05) is 57.9 Å². The van der Waals surface area contributed by atoms with Crippen LogP contribution in [0.3, 0.4) is 0 Å². The van der Waals surface area contributed by atoms with Crippen LogP contribution in [0.25, 0.3) is 0 Å². The topological polar surface area (TPSA) is 366 Å². The zero-order chi connectivity index (χ0) is 56.1. The zero-order valence-corrected chi connectivity index (χ0v) is 45.6. The van der Waals surface area contributed by atoms with Gasteiger partial charge in [0.05, 0.1) is 37.3 Å². The third kappa shape index (κ3) is 30.6. The lowest BCUT2D eigenvalue weighted by Gasteiger charge is -2.28. The molecule has 0 spiro atoms. The van der Waals surface area contributed by atoms with Crippen LogP contribution in [0.15, 0.2) is 40.3 Å². The van der Waals surface area contributed by atoms with Gasteiger partial charge < -0.3 is 64.3 Å². The molecule has 21 nitrogen and oxygen atoms in total. The summed E-state index contributed by atoms with van der Waals surface area (Å²) < 4.78 is 5.72. The molecule has 0 fully saturated rings. The molecule has 426 valence electrons. The van der Waals surface area contributed by atoms with E-state index < -0.39 is 115 Å². The fraction of sp³-hybridized carbons (Fsp3) is 0.722. The number of ether oxygens (including phenoxy) is 1. The van der Waals surface area contributed by atoms with Crippen molar-refractivity contribution >= 4 is 52.9 Å². The fourth-order valence-corrected chi connectivity index (χ4v) is 8.48. The number of nitrogens with two attached hydrogens (primary N) is 4. The van der Waals surface area contributed by atoms with E-state index in [9.17, 15) is 48.9 Å². The average Bonchev–Trinajstić information content (AvgIpc) is 3.36. The van der Waals surface area contributed by atoms with E-state index in [-0.39, 0.29) is 56.5 Å². The van der Waals surface area contributed by atoms with Gasteiger partial charge in [-0.2, -0.15) is 0 Å². The second kappa shape index (κ2) is 39.8. The Hall–Kier alpha value is -5.51. The smallest absolute Gasteiger partial charge is 0.245 e. The molecular weight excluding hydrogens is 965 g/mol. The van der Waals surface area contributed by atoms with Crippen LogP contribution in [-0.4, -0.2) is 138 Å². The minimum Gasteiger partial charge on any atom is -0.396 e. The molecule has 0 unspecified atom stereocenters. The summed E-state index contributed by atoms with van der Waals surface area (Å²) in [6, 6.07) is 3.78. The summed E-state index contributed by atoms with van der Waals surface area (Å²) in [7, 11) is 0. The van der Waals surface area contributed by atoms with Crippen LogP contribution >= 0.6 is 0 Å². The van der Waals surface area contributed by atoms with Gasteiger partial charge in [0.15, 0.2) is 29.3 Å². The van der Waals surface area contributed by atoms with Crippen LogP contribution in [0.4, 0.5) is 0 Å². The van der Waals surface area contributed by atoms with Gasteiger partial charge in [0.1, 0.15) is 12.1 Å². The summed E-state index contributed by atoms with van der Waals surface area (Å²) in [5.74, 6) is -7.72. The molecule has 0 saturated carbocycles. The number of aliphatic hydroxyl groups excluding tert-OH is 3. The summed E-state index contributed by atoms with van der Waals surface area (Å²) in [6.45, 7) is 8.70. The number of carbonyl (C=O) groups is 7. The third-order valence-corrected chi connectivity index (χ3v) is 12.9. The molecule has 1 aromatic carbocycles. The highest BCUT2D eigenvalue weighted by atomic mass is 16.5. The van der Waals surface area contributed by atoms with E-state index in [1.807, 2.05) is 6.92 Å². The number of nitrogens with one attached hydrogen (secondary N) is 4. The highest BCUT2D eigenvalue weighted by Gasteiger charge is 2.35. The number of unbranched alkanes of at least 4 members (excludes halogenated alkanes) is 8. The number of aliphatic hydroxyl groups is 3. The first kappa shape index (κ1) is 67.5. The summed E-state index contributed by atoms with van der Waals surface area (Å²) in [5, 5.41) is 41.5. The summed E-state index contributed by atoms with van der Waals surface area (Å²) in [5.41, 5.74) is 22.5. The van der Waals surface area contributed by atoms with Crippen molar-refractivity contribution in [2.24, 2.45) is 56.6 Å². The second-order valence-electron chi connectivity index (χ2n) is 20.1. The molecular formula is C54H94N10O11. The highest BCUT2D eigenvalue weighted by Crippen LogP contribution is 2.20. The van der Waals surface area contributed by atoms with Crippen LogP contribution in [0.2, 0.25) is 0 Å².